The van der Waals surface area contributed by atoms with Crippen molar-refractivity contribution in [2.75, 3.05) is 40.4 Å². The largest absolute Gasteiger partial charge is 0.507 e. The third-order valence-electron chi connectivity index (χ3n) is 7.25. The van der Waals surface area contributed by atoms with Crippen LogP contribution in [0.2, 0.25) is 0 Å². The predicted molar refractivity (Wildman–Crippen MR) is 155 cm³/mol. The predicted octanol–water partition coefficient (Wildman–Crippen LogP) is 5.21. The van der Waals surface area contributed by atoms with Crippen molar-refractivity contribution in [2.45, 2.75) is 59.1 Å². The number of fused-ring (bicyclic) bond motifs is 1. The smallest absolute Gasteiger partial charge is 0.295 e. The number of aliphatic hydroxyl groups excluding tert-OH is 1. The van der Waals surface area contributed by atoms with Crippen LogP contribution in [0.4, 0.5) is 0 Å². The zero-order valence-corrected chi connectivity index (χ0v) is 24.5. The standard InChI is InChI=1S/C32H42N2O6/c1-7-38-27-19-22(9-12-26(27)39-16-13-20(2)3)29-28(31(36)32(37)34(29)15-8-14-33(5)6)30(35)23-10-11-25-24(18-23)17-21(4)40-25/h9-12,18-21,29,35H,7-8,13-17H2,1-6H3. The van der Waals surface area contributed by atoms with Gasteiger partial charge in [-0.1, -0.05) is 19.9 Å². The number of carbonyl (C=O) groups excluding carboxylic acids is 2. The molecule has 2 unspecified atom stereocenters. The van der Waals surface area contributed by atoms with Gasteiger partial charge in [-0.3, -0.25) is 9.59 Å². The van der Waals surface area contributed by atoms with E-state index >= 15 is 0 Å². The summed E-state index contributed by atoms with van der Waals surface area (Å²) in [6.07, 6.45) is 2.35. The van der Waals surface area contributed by atoms with E-state index in [1.54, 1.807) is 11.0 Å². The van der Waals surface area contributed by atoms with Crippen LogP contribution >= 0.6 is 0 Å². The molecule has 8 nitrogen and oxygen atoms in total. The van der Waals surface area contributed by atoms with E-state index in [-0.39, 0.29) is 17.4 Å². The third-order valence-corrected chi connectivity index (χ3v) is 7.25. The normalized spacial score (nSPS) is 19.9. The first-order chi connectivity index (χ1) is 19.1. The molecular formula is C32H42N2O6. The van der Waals surface area contributed by atoms with Crippen molar-refractivity contribution in [1.29, 1.82) is 0 Å². The number of Topliss-reactive ketones (excluding diaryl/α,β-unsaturated/α-hetero) is 1. The molecule has 4 rings (SSSR count). The summed E-state index contributed by atoms with van der Waals surface area (Å²) in [7, 11) is 3.94. The Bertz CT molecular complexity index is 1270. The molecule has 0 bridgehead atoms. The molecule has 0 aliphatic carbocycles. The average Bonchev–Trinajstić information content (AvgIpc) is 3.39. The second-order valence-electron chi connectivity index (χ2n) is 11.3. The van der Waals surface area contributed by atoms with Gasteiger partial charge in [0.1, 0.15) is 17.6 Å². The van der Waals surface area contributed by atoms with Gasteiger partial charge in [0, 0.05) is 18.5 Å². The SMILES string of the molecule is CCOc1cc(C2C(=C(O)c3ccc4c(c3)CC(C)O4)C(=O)C(=O)N2CCCN(C)C)ccc1OCCC(C)C. The summed E-state index contributed by atoms with van der Waals surface area (Å²) in [6, 6.07) is 10.2. The number of aliphatic hydroxyl groups is 1. The van der Waals surface area contributed by atoms with Crippen LogP contribution in [0.5, 0.6) is 17.2 Å². The van der Waals surface area contributed by atoms with Crippen LogP contribution < -0.4 is 14.2 Å². The first-order valence-electron chi connectivity index (χ1n) is 14.2. The van der Waals surface area contributed by atoms with Crippen molar-refractivity contribution in [3.63, 3.8) is 0 Å². The van der Waals surface area contributed by atoms with Crippen molar-refractivity contribution in [3.05, 3.63) is 58.7 Å². The monoisotopic (exact) mass is 550 g/mol. The van der Waals surface area contributed by atoms with E-state index in [1.807, 2.05) is 63.2 Å². The molecule has 8 heteroatoms. The summed E-state index contributed by atoms with van der Waals surface area (Å²) in [6.45, 7) is 10.3. The van der Waals surface area contributed by atoms with Crippen molar-refractivity contribution < 1.29 is 28.9 Å². The molecule has 1 saturated heterocycles. The van der Waals surface area contributed by atoms with Crippen molar-refractivity contribution in [1.82, 2.24) is 9.80 Å². The zero-order chi connectivity index (χ0) is 29.0. The molecule has 2 aromatic rings. The van der Waals surface area contributed by atoms with E-state index in [1.165, 1.54) is 0 Å². The molecule has 0 saturated carbocycles. The molecule has 1 amide bonds. The highest BCUT2D eigenvalue weighted by Gasteiger charge is 2.46. The lowest BCUT2D eigenvalue weighted by Gasteiger charge is -2.26. The number of nitrogens with zero attached hydrogens (tertiary/aromatic N) is 2. The Labute approximate surface area is 237 Å². The fourth-order valence-corrected chi connectivity index (χ4v) is 5.23. The molecule has 1 fully saturated rings. The molecule has 2 aliphatic rings. The summed E-state index contributed by atoms with van der Waals surface area (Å²) < 4.78 is 17.8. The van der Waals surface area contributed by atoms with Crippen LogP contribution in [0.3, 0.4) is 0 Å². The van der Waals surface area contributed by atoms with E-state index in [9.17, 15) is 14.7 Å². The molecule has 2 aromatic carbocycles. The number of hydrogen-bond donors (Lipinski definition) is 1. The summed E-state index contributed by atoms with van der Waals surface area (Å²) in [5.41, 5.74) is 2.22. The van der Waals surface area contributed by atoms with Gasteiger partial charge in [-0.25, -0.2) is 0 Å². The molecule has 0 aromatic heterocycles. The van der Waals surface area contributed by atoms with E-state index < -0.39 is 17.7 Å². The first-order valence-corrected chi connectivity index (χ1v) is 14.2. The maximum absolute atomic E-state index is 13.5. The maximum atomic E-state index is 13.5. The van der Waals surface area contributed by atoms with Crippen LogP contribution in [0.25, 0.3) is 5.76 Å². The summed E-state index contributed by atoms with van der Waals surface area (Å²) >= 11 is 0. The van der Waals surface area contributed by atoms with E-state index in [2.05, 4.69) is 13.8 Å². The molecule has 2 heterocycles. The Morgan fingerprint density at radius 3 is 2.60 bits per heavy atom. The van der Waals surface area contributed by atoms with Gasteiger partial charge in [-0.15, -0.1) is 0 Å². The topological polar surface area (TPSA) is 88.5 Å². The second kappa shape index (κ2) is 12.8. The highest BCUT2D eigenvalue weighted by atomic mass is 16.5. The number of ether oxygens (including phenoxy) is 3. The number of ketones is 1. The van der Waals surface area contributed by atoms with Crippen LogP contribution in [0.1, 0.15) is 63.3 Å². The van der Waals surface area contributed by atoms with Gasteiger partial charge >= 0.3 is 0 Å². The van der Waals surface area contributed by atoms with Gasteiger partial charge in [-0.05, 0) is 94.7 Å². The van der Waals surface area contributed by atoms with Crippen molar-refractivity contribution in [3.8, 4) is 17.2 Å². The van der Waals surface area contributed by atoms with Crippen LogP contribution in [0, 0.1) is 5.92 Å². The number of hydrogen-bond acceptors (Lipinski definition) is 7. The number of amides is 1. The molecule has 2 aliphatic heterocycles. The Morgan fingerprint density at radius 2 is 1.90 bits per heavy atom. The molecule has 1 N–H and O–H groups in total. The second-order valence-corrected chi connectivity index (χ2v) is 11.3. The summed E-state index contributed by atoms with van der Waals surface area (Å²) in [4.78, 5) is 30.5. The minimum absolute atomic E-state index is 0.0490. The average molecular weight is 551 g/mol. The fourth-order valence-electron chi connectivity index (χ4n) is 5.23. The lowest BCUT2D eigenvalue weighted by Crippen LogP contribution is -2.32. The van der Waals surface area contributed by atoms with E-state index in [0.29, 0.717) is 54.7 Å². The molecular weight excluding hydrogens is 508 g/mol. The molecule has 216 valence electrons. The Balaban J connectivity index is 1.77. The van der Waals surface area contributed by atoms with E-state index in [4.69, 9.17) is 14.2 Å². The zero-order valence-electron chi connectivity index (χ0n) is 24.5. The third kappa shape index (κ3) is 6.44. The minimum atomic E-state index is -0.755. The van der Waals surface area contributed by atoms with Crippen LogP contribution in [-0.2, 0) is 16.0 Å². The molecule has 0 radical (unpaired) electrons. The molecule has 2 atom stereocenters. The highest BCUT2D eigenvalue weighted by molar-refractivity contribution is 6.46. The van der Waals surface area contributed by atoms with Crippen molar-refractivity contribution >= 4 is 17.4 Å². The Kier molecular flexibility index (Phi) is 9.40. The maximum Gasteiger partial charge on any atom is 0.295 e. The van der Waals surface area contributed by atoms with Crippen LogP contribution in [-0.4, -0.2) is 73.1 Å². The summed E-state index contributed by atoms with van der Waals surface area (Å²) in [5, 5.41) is 11.5. The van der Waals surface area contributed by atoms with Crippen molar-refractivity contribution in [2.24, 2.45) is 5.92 Å². The molecule has 40 heavy (non-hydrogen) atoms. The number of rotatable bonds is 12. The number of likely N-dealkylation sites (tertiary alicyclic amines) is 1. The number of carbonyl (C=O) groups is 2. The van der Waals surface area contributed by atoms with Gasteiger partial charge in [0.15, 0.2) is 11.5 Å². The van der Waals surface area contributed by atoms with Gasteiger partial charge in [-0.2, -0.15) is 0 Å². The minimum Gasteiger partial charge on any atom is -0.507 e. The first kappa shape index (κ1) is 29.5. The number of benzene rings is 2. The van der Waals surface area contributed by atoms with Gasteiger partial charge in [0.2, 0.25) is 0 Å². The van der Waals surface area contributed by atoms with Gasteiger partial charge < -0.3 is 29.1 Å². The quantitative estimate of drug-likeness (QED) is 0.221. The van der Waals surface area contributed by atoms with Gasteiger partial charge in [0.25, 0.3) is 11.7 Å². The highest BCUT2D eigenvalue weighted by Crippen LogP contribution is 2.43. The molecule has 0 spiro atoms. The van der Waals surface area contributed by atoms with E-state index in [0.717, 1.165) is 30.7 Å². The lowest BCUT2D eigenvalue weighted by molar-refractivity contribution is -0.139. The van der Waals surface area contributed by atoms with Crippen LogP contribution in [0.15, 0.2) is 42.0 Å². The summed E-state index contributed by atoms with van der Waals surface area (Å²) in [5.74, 6) is 0.960. The Hall–Kier alpha value is -3.52. The lowest BCUT2D eigenvalue weighted by atomic mass is 9.94. The fraction of sp³-hybridized carbons (Fsp3) is 0.500. The van der Waals surface area contributed by atoms with Gasteiger partial charge in [0.05, 0.1) is 24.8 Å². The Morgan fingerprint density at radius 1 is 1.12 bits per heavy atom.